The highest BCUT2D eigenvalue weighted by Gasteiger charge is 2.14. The molecule has 108 valence electrons. The number of aryl methyl sites for hydroxylation is 2. The molecule has 0 radical (unpaired) electrons. The van der Waals surface area contributed by atoms with E-state index < -0.39 is 4.92 Å². The zero-order valence-corrected chi connectivity index (χ0v) is 13.7. The maximum absolute atomic E-state index is 12.2. The quantitative estimate of drug-likeness (QED) is 0.483. The second-order valence-electron chi connectivity index (χ2n) is 4.68. The summed E-state index contributed by atoms with van der Waals surface area (Å²) in [4.78, 5) is 22.5. The number of nitro benzene ring substituents is 1. The van der Waals surface area contributed by atoms with Crippen LogP contribution in [0.2, 0.25) is 0 Å². The number of nitro groups is 1. The molecular weight excluding hydrogens is 383 g/mol. The molecule has 0 heterocycles. The number of anilines is 1. The summed E-state index contributed by atoms with van der Waals surface area (Å²) in [6, 6.07) is 9.97. The number of nitrogens with one attached hydrogen (secondary N) is 1. The summed E-state index contributed by atoms with van der Waals surface area (Å²) >= 11 is 2.20. The molecule has 0 bridgehead atoms. The van der Waals surface area contributed by atoms with E-state index in [9.17, 15) is 14.9 Å². The third-order valence-corrected chi connectivity index (χ3v) is 4.25. The molecule has 0 saturated heterocycles. The van der Waals surface area contributed by atoms with Gasteiger partial charge in [0.05, 0.1) is 4.92 Å². The second-order valence-corrected chi connectivity index (χ2v) is 5.84. The fourth-order valence-corrected chi connectivity index (χ4v) is 2.39. The molecule has 21 heavy (non-hydrogen) atoms. The van der Waals surface area contributed by atoms with Gasteiger partial charge in [0.15, 0.2) is 0 Å². The zero-order chi connectivity index (χ0) is 15.6. The molecule has 1 N–H and O–H groups in total. The standard InChI is InChI=1S/C15H13IN2O3/c1-9-3-5-12(8-13(9)16)17-15(19)11-4-6-14(18(20)21)10(2)7-11/h3-8H,1-2H3,(H,17,19). The molecule has 0 aromatic heterocycles. The number of nitrogens with zero attached hydrogens (tertiary/aromatic N) is 1. The van der Waals surface area contributed by atoms with Crippen LogP contribution in [0.25, 0.3) is 0 Å². The van der Waals surface area contributed by atoms with E-state index in [1.165, 1.54) is 18.2 Å². The normalized spacial score (nSPS) is 10.2. The minimum atomic E-state index is -0.459. The van der Waals surface area contributed by atoms with Gasteiger partial charge in [-0.2, -0.15) is 0 Å². The summed E-state index contributed by atoms with van der Waals surface area (Å²) in [5, 5.41) is 13.6. The Kier molecular flexibility index (Phi) is 4.56. The van der Waals surface area contributed by atoms with Gasteiger partial charge in [-0.25, -0.2) is 0 Å². The third-order valence-electron chi connectivity index (χ3n) is 3.09. The highest BCUT2D eigenvalue weighted by molar-refractivity contribution is 14.1. The van der Waals surface area contributed by atoms with Gasteiger partial charge < -0.3 is 5.32 Å². The van der Waals surface area contributed by atoms with E-state index in [4.69, 9.17) is 0 Å². The summed E-state index contributed by atoms with van der Waals surface area (Å²) in [5.74, 6) is -0.285. The van der Waals surface area contributed by atoms with Crippen molar-refractivity contribution in [1.29, 1.82) is 0 Å². The van der Waals surface area contributed by atoms with Crippen LogP contribution < -0.4 is 5.32 Å². The summed E-state index contributed by atoms with van der Waals surface area (Å²) in [6.45, 7) is 3.61. The lowest BCUT2D eigenvalue weighted by Crippen LogP contribution is -2.12. The fraction of sp³-hybridized carbons (Fsp3) is 0.133. The summed E-state index contributed by atoms with van der Waals surface area (Å²) < 4.78 is 1.06. The van der Waals surface area contributed by atoms with Crippen molar-refractivity contribution in [2.45, 2.75) is 13.8 Å². The summed E-state index contributed by atoms with van der Waals surface area (Å²) in [7, 11) is 0. The molecular formula is C15H13IN2O3. The molecule has 0 spiro atoms. The van der Waals surface area contributed by atoms with Crippen molar-refractivity contribution >= 4 is 39.9 Å². The molecule has 0 atom stereocenters. The van der Waals surface area contributed by atoms with Crippen molar-refractivity contribution in [3.63, 3.8) is 0 Å². The molecule has 2 aromatic carbocycles. The number of hydrogen-bond acceptors (Lipinski definition) is 3. The Morgan fingerprint density at radius 1 is 1.14 bits per heavy atom. The Bertz CT molecular complexity index is 729. The molecule has 0 saturated carbocycles. The molecule has 1 amide bonds. The number of carbonyl (C=O) groups excluding carboxylic acids is 1. The van der Waals surface area contributed by atoms with Crippen molar-refractivity contribution in [3.05, 3.63) is 66.8 Å². The Labute approximate surface area is 135 Å². The van der Waals surface area contributed by atoms with Crippen LogP contribution in [-0.2, 0) is 0 Å². The molecule has 0 aliphatic heterocycles. The SMILES string of the molecule is Cc1ccc(NC(=O)c2ccc([N+](=O)[O-])c(C)c2)cc1I. The topological polar surface area (TPSA) is 72.2 Å². The number of amides is 1. The lowest BCUT2D eigenvalue weighted by atomic mass is 10.1. The van der Waals surface area contributed by atoms with Crippen LogP contribution in [0, 0.1) is 27.5 Å². The molecule has 5 nitrogen and oxygen atoms in total. The minimum Gasteiger partial charge on any atom is -0.322 e. The average molecular weight is 396 g/mol. The highest BCUT2D eigenvalue weighted by atomic mass is 127. The first-order valence-electron chi connectivity index (χ1n) is 6.21. The first-order chi connectivity index (χ1) is 9.88. The molecule has 0 unspecified atom stereocenters. The van der Waals surface area contributed by atoms with E-state index >= 15 is 0 Å². The van der Waals surface area contributed by atoms with Crippen LogP contribution in [0.15, 0.2) is 36.4 Å². The maximum atomic E-state index is 12.2. The van der Waals surface area contributed by atoms with Crippen LogP contribution in [0.1, 0.15) is 21.5 Å². The van der Waals surface area contributed by atoms with Gasteiger partial charge in [0.2, 0.25) is 0 Å². The van der Waals surface area contributed by atoms with E-state index in [0.29, 0.717) is 16.8 Å². The lowest BCUT2D eigenvalue weighted by Gasteiger charge is -2.08. The van der Waals surface area contributed by atoms with Gasteiger partial charge in [-0.05, 0) is 66.3 Å². The Balaban J connectivity index is 2.22. The molecule has 0 fully saturated rings. The summed E-state index contributed by atoms with van der Waals surface area (Å²) in [6.07, 6.45) is 0. The van der Waals surface area contributed by atoms with Gasteiger partial charge in [0.25, 0.3) is 11.6 Å². The van der Waals surface area contributed by atoms with Crippen LogP contribution in [0.3, 0.4) is 0 Å². The van der Waals surface area contributed by atoms with Crippen LogP contribution in [-0.4, -0.2) is 10.8 Å². The van der Waals surface area contributed by atoms with E-state index in [2.05, 4.69) is 27.9 Å². The molecule has 0 aliphatic rings. The number of hydrogen-bond donors (Lipinski definition) is 1. The van der Waals surface area contributed by atoms with Crippen molar-refractivity contribution in [3.8, 4) is 0 Å². The number of benzene rings is 2. The van der Waals surface area contributed by atoms with Crippen molar-refractivity contribution in [2.75, 3.05) is 5.32 Å². The van der Waals surface area contributed by atoms with E-state index in [1.807, 2.05) is 25.1 Å². The molecule has 0 aliphatic carbocycles. The highest BCUT2D eigenvalue weighted by Crippen LogP contribution is 2.21. The fourth-order valence-electron chi connectivity index (χ4n) is 1.88. The number of carbonyl (C=O) groups is 1. The molecule has 2 rings (SSSR count). The zero-order valence-electron chi connectivity index (χ0n) is 11.5. The number of rotatable bonds is 3. The van der Waals surface area contributed by atoms with Gasteiger partial charge in [-0.3, -0.25) is 14.9 Å². The van der Waals surface area contributed by atoms with Gasteiger partial charge in [0, 0.05) is 26.5 Å². The van der Waals surface area contributed by atoms with Crippen LogP contribution in [0.5, 0.6) is 0 Å². The lowest BCUT2D eigenvalue weighted by molar-refractivity contribution is -0.385. The first kappa shape index (κ1) is 15.4. The minimum absolute atomic E-state index is 0.0106. The maximum Gasteiger partial charge on any atom is 0.272 e. The molecule has 2 aromatic rings. The van der Waals surface area contributed by atoms with E-state index in [0.717, 1.165) is 9.13 Å². The smallest absolute Gasteiger partial charge is 0.272 e. The van der Waals surface area contributed by atoms with E-state index in [-0.39, 0.29) is 11.6 Å². The Morgan fingerprint density at radius 2 is 1.86 bits per heavy atom. The third kappa shape index (κ3) is 3.57. The van der Waals surface area contributed by atoms with Crippen LogP contribution >= 0.6 is 22.6 Å². The van der Waals surface area contributed by atoms with Crippen molar-refractivity contribution in [1.82, 2.24) is 0 Å². The van der Waals surface area contributed by atoms with Crippen LogP contribution in [0.4, 0.5) is 11.4 Å². The predicted molar refractivity (Wildman–Crippen MR) is 89.7 cm³/mol. The largest absolute Gasteiger partial charge is 0.322 e. The van der Waals surface area contributed by atoms with Crippen molar-refractivity contribution in [2.24, 2.45) is 0 Å². The predicted octanol–water partition coefficient (Wildman–Crippen LogP) is 4.07. The van der Waals surface area contributed by atoms with Gasteiger partial charge in [-0.1, -0.05) is 6.07 Å². The first-order valence-corrected chi connectivity index (χ1v) is 7.29. The Morgan fingerprint density at radius 3 is 2.43 bits per heavy atom. The summed E-state index contributed by atoms with van der Waals surface area (Å²) in [5.41, 5.74) is 2.71. The van der Waals surface area contributed by atoms with Gasteiger partial charge in [0.1, 0.15) is 0 Å². The molecule has 6 heteroatoms. The van der Waals surface area contributed by atoms with Gasteiger partial charge in [-0.15, -0.1) is 0 Å². The Hall–Kier alpha value is -1.96. The monoisotopic (exact) mass is 396 g/mol. The van der Waals surface area contributed by atoms with Crippen molar-refractivity contribution < 1.29 is 9.72 Å². The van der Waals surface area contributed by atoms with E-state index in [1.54, 1.807) is 6.92 Å². The average Bonchev–Trinajstić information content (AvgIpc) is 2.42. The number of halogens is 1. The van der Waals surface area contributed by atoms with Gasteiger partial charge >= 0.3 is 0 Å². The second kappa shape index (κ2) is 6.21.